The van der Waals surface area contributed by atoms with Crippen molar-refractivity contribution in [2.24, 2.45) is 0 Å². The summed E-state index contributed by atoms with van der Waals surface area (Å²) in [6, 6.07) is 2.33. The highest BCUT2D eigenvalue weighted by molar-refractivity contribution is 8.01. The minimum atomic E-state index is -0.732. The van der Waals surface area contributed by atoms with E-state index in [2.05, 4.69) is 93.6 Å². The molecule has 0 aromatic carbocycles. The average Bonchev–Trinajstić information content (AvgIpc) is 1.69. The van der Waals surface area contributed by atoms with Gasteiger partial charge in [0.25, 0.3) is 23.6 Å². The molecule has 0 radical (unpaired) electrons. The summed E-state index contributed by atoms with van der Waals surface area (Å²) in [6.45, 7) is 9.35. The number of carbonyl (C=O) groups is 15. The Hall–Kier alpha value is -7.06. The number of rotatable bonds is 40. The standard InChI is InChI=1S/C17H24N4O6S.C17H24N4O4S.2C14H25N3O2S.C12H21N3O2S/c22-12(18-8-7-15(25)27-21-13(23)5-6-14(21)24)4-2-1-3-11-16-10(9-28-11)19-17(26)20-16;22-13(18-8-3-9-21-14(23)6-7-15(21)24)5-2-1-4-12-16-11(10-26-12)19-17(25)20-16;2*1-2-3-8-15-12(18)7-5-4-6-11-13-10(9-20-11)16-14(19)17-13;1-2-13-10(16)6-4-3-5-9-11-8(7-18-9)14-12(17)15-11/h10-11,16H,1-9H2,(H,18,22)(H2,19,20,26);6-7,11-12,16H,1-5,8-10H2,(H,18,22)(H2,19,20,25);2*10-11,13H,2-9H2,1H3,(H,15,18)(H2,16,17,19);8-9,11H,2-7H2,1H3,(H,13,16)(H2,14,15,17). The summed E-state index contributed by atoms with van der Waals surface area (Å²) < 4.78 is 0. The van der Waals surface area contributed by atoms with E-state index in [1.807, 2.05) is 65.7 Å². The van der Waals surface area contributed by atoms with Crippen LogP contribution in [0.5, 0.6) is 0 Å². The Morgan fingerprint density at radius 2 is 0.634 bits per heavy atom. The number of imide groups is 2. The number of nitrogens with zero attached hydrogens (tertiary/aromatic N) is 2. The van der Waals surface area contributed by atoms with Crippen molar-refractivity contribution in [2.45, 2.75) is 287 Å². The summed E-state index contributed by atoms with van der Waals surface area (Å²) >= 11 is 9.52. The molecule has 33 nitrogen and oxygen atoms in total. The third-order valence-electron chi connectivity index (χ3n) is 21.1. The molecule has 38 heteroatoms. The van der Waals surface area contributed by atoms with Gasteiger partial charge in [0.1, 0.15) is 0 Å². The molecule has 12 aliphatic heterocycles. The van der Waals surface area contributed by atoms with Gasteiger partial charge in [0.15, 0.2) is 0 Å². The number of unbranched alkanes of at least 4 members (excludes halogenated alkanes) is 7. The number of carbonyl (C=O) groups excluding carboxylic acids is 15. The minimum Gasteiger partial charge on any atom is -0.356 e. The van der Waals surface area contributed by atoms with Crippen LogP contribution >= 0.6 is 58.8 Å². The van der Waals surface area contributed by atoms with Crippen LogP contribution in [0, 0.1) is 0 Å². The summed E-state index contributed by atoms with van der Waals surface area (Å²) in [7, 11) is 0. The Bertz CT molecular complexity index is 3160. The predicted molar refractivity (Wildman–Crippen MR) is 433 cm³/mol. The van der Waals surface area contributed by atoms with Crippen molar-refractivity contribution in [3.05, 3.63) is 12.2 Å². The zero-order chi connectivity index (χ0) is 80.3. The summed E-state index contributed by atoms with van der Waals surface area (Å²) in [5.74, 6) is 2.84. The number of hydroxylamine groups is 2. The highest BCUT2D eigenvalue weighted by Gasteiger charge is 2.47. The number of urea groups is 5. The Kier molecular flexibility index (Phi) is 39.1. The summed E-state index contributed by atoms with van der Waals surface area (Å²) in [4.78, 5) is 178. The van der Waals surface area contributed by atoms with Crippen LogP contribution in [0.25, 0.3) is 0 Å². The molecule has 11 saturated heterocycles. The molecule has 19 amide bonds. The van der Waals surface area contributed by atoms with Gasteiger partial charge >= 0.3 is 36.1 Å². The number of nitrogens with one attached hydrogen (secondary N) is 15. The van der Waals surface area contributed by atoms with E-state index in [1.54, 1.807) is 0 Å². The van der Waals surface area contributed by atoms with E-state index < -0.39 is 17.8 Å². The van der Waals surface area contributed by atoms with Crippen molar-refractivity contribution >= 4 is 148 Å². The highest BCUT2D eigenvalue weighted by Crippen LogP contribution is 2.38. The van der Waals surface area contributed by atoms with Crippen molar-refractivity contribution in [1.82, 2.24) is 89.7 Å². The number of amides is 19. The van der Waals surface area contributed by atoms with Crippen LogP contribution in [0.3, 0.4) is 0 Å². The molecule has 0 saturated carbocycles. The van der Waals surface area contributed by atoms with Crippen LogP contribution in [0.2, 0.25) is 0 Å². The normalized spacial score (nSPS) is 27.5. The van der Waals surface area contributed by atoms with Gasteiger partial charge in [0, 0.05) is 151 Å². The fourth-order valence-electron chi connectivity index (χ4n) is 15.0. The Balaban J connectivity index is 0.000000177. The third kappa shape index (κ3) is 30.0. The van der Waals surface area contributed by atoms with Gasteiger partial charge in [-0.2, -0.15) is 58.8 Å². The zero-order valence-corrected chi connectivity index (χ0v) is 68.9. The lowest BCUT2D eigenvalue weighted by Crippen LogP contribution is -2.36. The first-order chi connectivity index (χ1) is 54.1. The molecule has 15 atom stereocenters. The molecule has 12 rings (SSSR count). The molecule has 0 aromatic heterocycles. The topological polar surface area (TPSA) is 452 Å². The molecular weight excluding hydrogens is 1540 g/mol. The largest absolute Gasteiger partial charge is 0.356 e. The van der Waals surface area contributed by atoms with E-state index in [9.17, 15) is 71.9 Å². The zero-order valence-electron chi connectivity index (χ0n) is 64.9. The van der Waals surface area contributed by atoms with Gasteiger partial charge in [0.05, 0.1) is 66.8 Å². The molecule has 15 N–H and O–H groups in total. The molecule has 0 aliphatic carbocycles. The van der Waals surface area contributed by atoms with Gasteiger partial charge in [0.2, 0.25) is 29.5 Å². The van der Waals surface area contributed by atoms with Crippen LogP contribution in [0.4, 0.5) is 24.0 Å². The number of fused-ring (bicyclic) bond motifs is 5. The lowest BCUT2D eigenvalue weighted by Gasteiger charge is -2.16. The smallest absolute Gasteiger partial charge is 0.334 e. The first kappa shape index (κ1) is 90.5. The molecule has 15 unspecified atom stereocenters. The Morgan fingerprint density at radius 1 is 0.357 bits per heavy atom. The molecule has 112 heavy (non-hydrogen) atoms. The van der Waals surface area contributed by atoms with Gasteiger partial charge in [-0.25, -0.2) is 28.8 Å². The quantitative estimate of drug-likeness (QED) is 0.0233. The van der Waals surface area contributed by atoms with E-state index in [4.69, 9.17) is 4.84 Å². The maximum absolute atomic E-state index is 11.8. The summed E-state index contributed by atoms with van der Waals surface area (Å²) in [5, 5.41) is 46.5. The highest BCUT2D eigenvalue weighted by atomic mass is 32.2. The van der Waals surface area contributed by atoms with Crippen molar-refractivity contribution in [1.29, 1.82) is 0 Å². The lowest BCUT2D eigenvalue weighted by molar-refractivity contribution is -0.197. The molecule has 12 aliphatic rings. The van der Waals surface area contributed by atoms with Gasteiger partial charge < -0.3 is 84.6 Å². The molecule has 11 fully saturated rings. The fourth-order valence-corrected chi connectivity index (χ4v) is 22.8. The van der Waals surface area contributed by atoms with Crippen molar-refractivity contribution in [2.75, 3.05) is 68.0 Å². The SMILES string of the molecule is CCCCNC(=O)CCCCC1SCC2NC(=O)NC21.CCCCNC(=O)CCCCC1SCC2NC(=O)NC21.CCNC(=O)CCCCC1SCC2NC(=O)NC21.O=C(CCCCC1SCC2NC(=O)NC21)NCCC(=O)ON1C(=O)CCC1=O.O=C(CCCCC1SCC2NC(=O)NC21)NCCCN1C(=O)C=CC1=O. The van der Waals surface area contributed by atoms with Gasteiger partial charge in [-0.15, -0.1) is 5.06 Å². The second-order valence-electron chi connectivity index (χ2n) is 29.7. The predicted octanol–water partition coefficient (Wildman–Crippen LogP) is 4.07. The van der Waals surface area contributed by atoms with Crippen LogP contribution in [-0.2, 0) is 52.8 Å². The molecule has 0 spiro atoms. The second-order valence-corrected chi connectivity index (χ2v) is 36.1. The number of thioether (sulfide) groups is 5. The molecule has 0 bridgehead atoms. The second kappa shape index (κ2) is 48.3. The Morgan fingerprint density at radius 3 is 0.920 bits per heavy atom. The molecular formula is C74H119N17O16S5. The lowest BCUT2D eigenvalue weighted by atomic mass is 10.0. The van der Waals surface area contributed by atoms with Crippen molar-refractivity contribution in [3.63, 3.8) is 0 Å². The summed E-state index contributed by atoms with van der Waals surface area (Å²) in [6.07, 6.45) is 24.6. The van der Waals surface area contributed by atoms with Crippen LogP contribution < -0.4 is 79.8 Å². The number of hydrogen-bond acceptors (Lipinski definition) is 21. The molecule has 626 valence electrons. The maximum atomic E-state index is 11.8. The van der Waals surface area contributed by atoms with Gasteiger partial charge in [-0.3, -0.25) is 48.1 Å². The maximum Gasteiger partial charge on any atom is 0.334 e. The third-order valence-corrected chi connectivity index (χ3v) is 28.7. The summed E-state index contributed by atoms with van der Waals surface area (Å²) in [5.41, 5.74) is 0. The fraction of sp³-hybridized carbons (Fsp3) is 0.770. The number of hydrogen-bond donors (Lipinski definition) is 15. The van der Waals surface area contributed by atoms with Crippen LogP contribution in [0.15, 0.2) is 12.2 Å². The Labute approximate surface area is 678 Å². The first-order valence-corrected chi connectivity index (χ1v) is 45.7. The van der Waals surface area contributed by atoms with Crippen LogP contribution in [-0.4, -0.2) is 254 Å². The van der Waals surface area contributed by atoms with E-state index in [1.165, 1.54) is 17.1 Å². The van der Waals surface area contributed by atoms with Crippen molar-refractivity contribution in [3.8, 4) is 0 Å². The van der Waals surface area contributed by atoms with Gasteiger partial charge in [-0.05, 0) is 90.4 Å². The van der Waals surface area contributed by atoms with Gasteiger partial charge in [-0.1, -0.05) is 58.8 Å². The first-order valence-electron chi connectivity index (χ1n) is 40.5. The van der Waals surface area contributed by atoms with E-state index in [0.29, 0.717) is 108 Å². The van der Waals surface area contributed by atoms with Crippen molar-refractivity contribution < 1.29 is 76.8 Å². The monoisotopic (exact) mass is 1660 g/mol. The van der Waals surface area contributed by atoms with E-state index in [-0.39, 0.29) is 140 Å². The van der Waals surface area contributed by atoms with Crippen LogP contribution in [0.1, 0.15) is 201 Å². The van der Waals surface area contributed by atoms with E-state index >= 15 is 0 Å². The minimum absolute atomic E-state index is 0.00464. The molecule has 0 aromatic rings. The average molecular weight is 1660 g/mol. The molecule has 12 heterocycles. The van der Waals surface area contributed by atoms with E-state index in [0.717, 1.165) is 164 Å².